The molecule has 3 rings (SSSR count). The van der Waals surface area contributed by atoms with E-state index in [1.54, 1.807) is 0 Å². The zero-order valence-electron chi connectivity index (χ0n) is 11.6. The minimum atomic E-state index is -0.0988. The van der Waals surface area contributed by atoms with Crippen molar-refractivity contribution in [1.29, 1.82) is 0 Å². The molecule has 2 heterocycles. The first-order valence-electron chi connectivity index (χ1n) is 7.90. The molecule has 0 aromatic heterocycles. The minimum Gasteiger partial charge on any atom is -0.392 e. The van der Waals surface area contributed by atoms with Crippen LogP contribution in [0.4, 0.5) is 0 Å². The normalized spacial score (nSPS) is 46.0. The second-order valence-corrected chi connectivity index (χ2v) is 6.70. The van der Waals surface area contributed by atoms with Crippen molar-refractivity contribution in [2.45, 2.75) is 88.1 Å². The topological polar surface area (TPSA) is 35.5 Å². The van der Waals surface area contributed by atoms with Crippen LogP contribution in [0.15, 0.2) is 0 Å². The number of fused-ring (bicyclic) bond motifs is 2. The fourth-order valence-electron chi connectivity index (χ4n) is 4.36. The van der Waals surface area contributed by atoms with Gasteiger partial charge in [0.2, 0.25) is 0 Å². The van der Waals surface area contributed by atoms with Gasteiger partial charge in [-0.3, -0.25) is 0 Å². The highest BCUT2D eigenvalue weighted by atomic mass is 16.3. The summed E-state index contributed by atoms with van der Waals surface area (Å²) in [4.78, 5) is 2.61. The van der Waals surface area contributed by atoms with Crippen molar-refractivity contribution in [2.75, 3.05) is 7.05 Å². The Balaban J connectivity index is 1.57. The van der Waals surface area contributed by atoms with E-state index in [9.17, 15) is 5.11 Å². The van der Waals surface area contributed by atoms with Crippen LogP contribution in [-0.2, 0) is 0 Å². The third-order valence-corrected chi connectivity index (χ3v) is 5.52. The highest BCUT2D eigenvalue weighted by molar-refractivity contribution is 4.95. The molecule has 3 heteroatoms. The third kappa shape index (κ3) is 2.59. The zero-order chi connectivity index (χ0) is 12.5. The first-order chi connectivity index (χ1) is 8.74. The molecule has 2 bridgehead atoms. The Morgan fingerprint density at radius 3 is 2.28 bits per heavy atom. The molecule has 1 saturated carbocycles. The van der Waals surface area contributed by atoms with E-state index in [2.05, 4.69) is 17.3 Å². The SMILES string of the molecule is CN1C2CCCC1CC(N[C@H]1CCCC[C@@H]1O)C2. The molecule has 2 unspecified atom stereocenters. The third-order valence-electron chi connectivity index (χ3n) is 5.52. The van der Waals surface area contributed by atoms with Crippen LogP contribution in [0.1, 0.15) is 57.8 Å². The van der Waals surface area contributed by atoms with E-state index in [1.165, 1.54) is 51.4 Å². The lowest BCUT2D eigenvalue weighted by Gasteiger charge is -2.48. The lowest BCUT2D eigenvalue weighted by Crippen LogP contribution is -2.57. The number of hydrogen-bond donors (Lipinski definition) is 2. The Bertz CT molecular complexity index is 270. The van der Waals surface area contributed by atoms with E-state index in [0.29, 0.717) is 12.1 Å². The van der Waals surface area contributed by atoms with E-state index in [1.807, 2.05) is 0 Å². The summed E-state index contributed by atoms with van der Waals surface area (Å²) in [6.45, 7) is 0. The summed E-state index contributed by atoms with van der Waals surface area (Å²) in [5, 5.41) is 13.9. The van der Waals surface area contributed by atoms with E-state index in [0.717, 1.165) is 18.5 Å². The van der Waals surface area contributed by atoms with Gasteiger partial charge in [0.1, 0.15) is 0 Å². The Labute approximate surface area is 111 Å². The van der Waals surface area contributed by atoms with Crippen LogP contribution in [0.3, 0.4) is 0 Å². The van der Waals surface area contributed by atoms with E-state index in [-0.39, 0.29) is 6.10 Å². The molecule has 3 nitrogen and oxygen atoms in total. The van der Waals surface area contributed by atoms with Gasteiger partial charge in [0, 0.05) is 24.2 Å². The summed E-state index contributed by atoms with van der Waals surface area (Å²) < 4.78 is 0. The molecular weight excluding hydrogens is 224 g/mol. The lowest BCUT2D eigenvalue weighted by atomic mass is 9.81. The van der Waals surface area contributed by atoms with Gasteiger partial charge in [-0.25, -0.2) is 0 Å². The molecule has 1 aliphatic carbocycles. The van der Waals surface area contributed by atoms with Crippen molar-refractivity contribution in [3.05, 3.63) is 0 Å². The molecule has 2 N–H and O–H groups in total. The number of nitrogens with one attached hydrogen (secondary N) is 1. The van der Waals surface area contributed by atoms with Crippen molar-refractivity contribution in [2.24, 2.45) is 0 Å². The molecule has 4 atom stereocenters. The summed E-state index contributed by atoms with van der Waals surface area (Å²) in [7, 11) is 2.31. The van der Waals surface area contributed by atoms with Crippen LogP contribution >= 0.6 is 0 Å². The van der Waals surface area contributed by atoms with Gasteiger partial charge in [-0.2, -0.15) is 0 Å². The monoisotopic (exact) mass is 252 g/mol. The summed E-state index contributed by atoms with van der Waals surface area (Å²) in [6, 6.07) is 2.59. The Morgan fingerprint density at radius 2 is 1.61 bits per heavy atom. The van der Waals surface area contributed by atoms with Crippen LogP contribution in [0.25, 0.3) is 0 Å². The first kappa shape index (κ1) is 12.9. The van der Waals surface area contributed by atoms with Crippen LogP contribution in [0.2, 0.25) is 0 Å². The smallest absolute Gasteiger partial charge is 0.0693 e. The van der Waals surface area contributed by atoms with Gasteiger partial charge < -0.3 is 15.3 Å². The molecule has 18 heavy (non-hydrogen) atoms. The van der Waals surface area contributed by atoms with Crippen LogP contribution in [0, 0.1) is 0 Å². The fourth-order valence-corrected chi connectivity index (χ4v) is 4.36. The second-order valence-electron chi connectivity index (χ2n) is 6.70. The molecule has 3 fully saturated rings. The van der Waals surface area contributed by atoms with Gasteiger partial charge in [0.05, 0.1) is 6.10 Å². The first-order valence-corrected chi connectivity index (χ1v) is 7.90. The molecular formula is C15H28N2O. The van der Waals surface area contributed by atoms with Gasteiger partial charge in [-0.05, 0) is 45.6 Å². The maximum Gasteiger partial charge on any atom is 0.0693 e. The van der Waals surface area contributed by atoms with Gasteiger partial charge in [0.25, 0.3) is 0 Å². The van der Waals surface area contributed by atoms with Crippen molar-refractivity contribution in [3.63, 3.8) is 0 Å². The minimum absolute atomic E-state index is 0.0988. The average Bonchev–Trinajstić information content (AvgIpc) is 2.33. The van der Waals surface area contributed by atoms with Gasteiger partial charge in [-0.1, -0.05) is 19.3 Å². The summed E-state index contributed by atoms with van der Waals surface area (Å²) in [5.41, 5.74) is 0. The van der Waals surface area contributed by atoms with Gasteiger partial charge in [-0.15, -0.1) is 0 Å². The lowest BCUT2D eigenvalue weighted by molar-refractivity contribution is 0.0292. The standard InChI is InChI=1S/C15H28N2O/c1-17-12-5-4-6-13(17)10-11(9-12)16-14-7-2-3-8-15(14)18/h11-16,18H,2-10H2,1H3/t11?,12?,13?,14-,15-/m0/s1. The summed E-state index contributed by atoms with van der Waals surface area (Å²) >= 11 is 0. The van der Waals surface area contributed by atoms with Crippen molar-refractivity contribution >= 4 is 0 Å². The summed E-state index contributed by atoms with van der Waals surface area (Å²) in [5.74, 6) is 0. The molecule has 0 spiro atoms. The maximum atomic E-state index is 10.1. The number of aliphatic hydroxyl groups excluding tert-OH is 1. The summed E-state index contributed by atoms with van der Waals surface area (Å²) in [6.07, 6.45) is 11.3. The number of nitrogens with zero attached hydrogens (tertiary/aromatic N) is 1. The quantitative estimate of drug-likeness (QED) is 0.788. The Morgan fingerprint density at radius 1 is 0.944 bits per heavy atom. The molecule has 0 radical (unpaired) electrons. The highest BCUT2D eigenvalue weighted by Crippen LogP contribution is 2.33. The van der Waals surface area contributed by atoms with E-state index < -0.39 is 0 Å². The molecule has 2 saturated heterocycles. The second kappa shape index (κ2) is 5.48. The number of piperidine rings is 2. The number of rotatable bonds is 2. The molecule has 0 amide bonds. The average molecular weight is 252 g/mol. The predicted molar refractivity (Wildman–Crippen MR) is 73.6 cm³/mol. The largest absolute Gasteiger partial charge is 0.392 e. The van der Waals surface area contributed by atoms with Crippen LogP contribution in [-0.4, -0.2) is 47.3 Å². The Kier molecular flexibility index (Phi) is 3.92. The van der Waals surface area contributed by atoms with Crippen molar-refractivity contribution < 1.29 is 5.11 Å². The fraction of sp³-hybridized carbons (Fsp3) is 1.00. The van der Waals surface area contributed by atoms with Crippen LogP contribution < -0.4 is 5.32 Å². The highest BCUT2D eigenvalue weighted by Gasteiger charge is 2.37. The zero-order valence-corrected chi connectivity index (χ0v) is 11.6. The number of aliphatic hydroxyl groups is 1. The maximum absolute atomic E-state index is 10.1. The molecule has 0 aromatic rings. The Hall–Kier alpha value is -0.120. The molecule has 2 aliphatic heterocycles. The van der Waals surface area contributed by atoms with E-state index in [4.69, 9.17) is 0 Å². The number of hydrogen-bond acceptors (Lipinski definition) is 3. The molecule has 3 aliphatic rings. The van der Waals surface area contributed by atoms with Crippen LogP contribution in [0.5, 0.6) is 0 Å². The molecule has 0 aromatic carbocycles. The van der Waals surface area contributed by atoms with Crippen molar-refractivity contribution in [1.82, 2.24) is 10.2 Å². The van der Waals surface area contributed by atoms with E-state index >= 15 is 0 Å². The predicted octanol–water partition coefficient (Wildman–Crippen LogP) is 1.89. The molecule has 104 valence electrons. The van der Waals surface area contributed by atoms with Gasteiger partial charge in [0.15, 0.2) is 0 Å². The van der Waals surface area contributed by atoms with Crippen molar-refractivity contribution in [3.8, 4) is 0 Å². The van der Waals surface area contributed by atoms with Gasteiger partial charge >= 0.3 is 0 Å².